The quantitative estimate of drug-likeness (QED) is 0.418. The van der Waals surface area contributed by atoms with E-state index in [9.17, 15) is 9.59 Å². The maximum absolute atomic E-state index is 13.1. The van der Waals surface area contributed by atoms with Gasteiger partial charge in [-0.3, -0.25) is 14.6 Å². The molecule has 0 aliphatic heterocycles. The summed E-state index contributed by atoms with van der Waals surface area (Å²) in [6.45, 7) is 1.00. The third-order valence-electron chi connectivity index (χ3n) is 5.48. The zero-order chi connectivity index (χ0) is 21.2. The second-order valence-corrected chi connectivity index (χ2v) is 7.51. The van der Waals surface area contributed by atoms with E-state index in [4.69, 9.17) is 0 Å². The molecule has 0 saturated carbocycles. The average Bonchev–Trinajstić information content (AvgIpc) is 2.81. The van der Waals surface area contributed by atoms with E-state index in [2.05, 4.69) is 9.97 Å². The van der Waals surface area contributed by atoms with Crippen LogP contribution in [0.3, 0.4) is 0 Å². The second-order valence-electron chi connectivity index (χ2n) is 7.51. The summed E-state index contributed by atoms with van der Waals surface area (Å²) in [5, 5.41) is 0.906. The van der Waals surface area contributed by atoms with Crippen molar-refractivity contribution in [1.82, 2.24) is 19.1 Å². The Morgan fingerprint density at radius 3 is 2.06 bits per heavy atom. The van der Waals surface area contributed by atoms with Gasteiger partial charge in [-0.2, -0.15) is 0 Å². The molecule has 4 heterocycles. The van der Waals surface area contributed by atoms with Gasteiger partial charge >= 0.3 is 0 Å². The molecule has 31 heavy (non-hydrogen) atoms. The lowest BCUT2D eigenvalue weighted by atomic mass is 10.1. The minimum Gasteiger partial charge on any atom is -0.315 e. The molecule has 0 N–H and O–H groups in total. The van der Waals surface area contributed by atoms with Gasteiger partial charge in [0.25, 0.3) is 11.1 Å². The van der Waals surface area contributed by atoms with Crippen molar-refractivity contribution in [3.8, 4) is 0 Å². The summed E-state index contributed by atoms with van der Waals surface area (Å²) in [5.74, 6) is 0. The summed E-state index contributed by atoms with van der Waals surface area (Å²) in [6, 6.07) is 19.1. The molecule has 0 saturated heterocycles. The predicted octanol–water partition coefficient (Wildman–Crippen LogP) is 3.40. The van der Waals surface area contributed by atoms with Crippen LogP contribution in [-0.4, -0.2) is 19.1 Å². The van der Waals surface area contributed by atoms with Gasteiger partial charge < -0.3 is 9.13 Å². The highest BCUT2D eigenvalue weighted by Gasteiger charge is 2.10. The van der Waals surface area contributed by atoms with E-state index in [-0.39, 0.29) is 11.1 Å². The lowest BCUT2D eigenvalue weighted by molar-refractivity contribution is 0.675. The molecule has 0 fully saturated rings. The van der Waals surface area contributed by atoms with E-state index in [1.165, 1.54) is 5.56 Å². The predicted molar refractivity (Wildman–Crippen MR) is 121 cm³/mol. The molecule has 152 valence electrons. The monoisotopic (exact) mass is 408 g/mol. The molecule has 6 heteroatoms. The van der Waals surface area contributed by atoms with Gasteiger partial charge in [-0.25, -0.2) is 4.98 Å². The molecule has 5 aromatic rings. The summed E-state index contributed by atoms with van der Waals surface area (Å²) in [6.07, 6.45) is 7.68. The van der Waals surface area contributed by atoms with Crippen LogP contribution in [0.25, 0.3) is 21.8 Å². The Bertz CT molecular complexity index is 1490. The third kappa shape index (κ3) is 3.75. The van der Waals surface area contributed by atoms with Crippen LogP contribution >= 0.6 is 0 Å². The van der Waals surface area contributed by atoms with Crippen LogP contribution in [0.4, 0.5) is 0 Å². The van der Waals surface area contributed by atoms with Crippen molar-refractivity contribution in [1.29, 1.82) is 0 Å². The third-order valence-corrected chi connectivity index (χ3v) is 5.48. The van der Waals surface area contributed by atoms with Crippen LogP contribution in [0.2, 0.25) is 0 Å². The molecule has 0 unspecified atom stereocenters. The zero-order valence-corrected chi connectivity index (χ0v) is 16.8. The van der Waals surface area contributed by atoms with E-state index >= 15 is 0 Å². The Morgan fingerprint density at radius 1 is 0.710 bits per heavy atom. The Kier molecular flexibility index (Phi) is 4.88. The minimum atomic E-state index is -0.164. The maximum atomic E-state index is 13.1. The fraction of sp³-hybridized carbons (Fsp3) is 0.120. The van der Waals surface area contributed by atoms with E-state index in [0.29, 0.717) is 34.9 Å². The Morgan fingerprint density at radius 2 is 1.35 bits per heavy atom. The second kappa shape index (κ2) is 7.99. The molecule has 0 aliphatic rings. The Balaban J connectivity index is 1.55. The topological polar surface area (TPSA) is 69.8 Å². The van der Waals surface area contributed by atoms with Gasteiger partial charge in [-0.15, -0.1) is 0 Å². The van der Waals surface area contributed by atoms with Crippen molar-refractivity contribution in [2.75, 3.05) is 0 Å². The van der Waals surface area contributed by atoms with Gasteiger partial charge in [0.2, 0.25) is 0 Å². The van der Waals surface area contributed by atoms with Crippen molar-refractivity contribution < 1.29 is 0 Å². The summed E-state index contributed by atoms with van der Waals surface area (Å²) < 4.78 is 3.31. The molecule has 0 bridgehead atoms. The molecule has 0 amide bonds. The first-order valence-corrected chi connectivity index (χ1v) is 10.2. The van der Waals surface area contributed by atoms with Crippen LogP contribution in [-0.2, 0) is 19.5 Å². The summed E-state index contributed by atoms with van der Waals surface area (Å²) >= 11 is 0. The number of fused-ring (bicyclic) bond motifs is 2. The van der Waals surface area contributed by atoms with Gasteiger partial charge in [-0.05, 0) is 47.9 Å². The molecule has 1 aromatic carbocycles. The summed E-state index contributed by atoms with van der Waals surface area (Å²) in [5.41, 5.74) is 3.04. The number of benzene rings is 1. The lowest BCUT2D eigenvalue weighted by Gasteiger charge is -2.10. The summed E-state index contributed by atoms with van der Waals surface area (Å²) in [7, 11) is 0. The molecule has 0 spiro atoms. The minimum absolute atomic E-state index is 0.133. The van der Waals surface area contributed by atoms with Crippen LogP contribution in [0.15, 0.2) is 95.0 Å². The van der Waals surface area contributed by atoms with E-state index < -0.39 is 0 Å². The molecule has 0 atom stereocenters. The molecule has 5 rings (SSSR count). The van der Waals surface area contributed by atoms with E-state index in [1.54, 1.807) is 40.0 Å². The van der Waals surface area contributed by atoms with Crippen molar-refractivity contribution in [2.45, 2.75) is 19.5 Å². The fourth-order valence-corrected chi connectivity index (χ4v) is 3.78. The maximum Gasteiger partial charge on any atom is 0.260 e. The highest BCUT2D eigenvalue weighted by atomic mass is 16.1. The van der Waals surface area contributed by atoms with Crippen LogP contribution in [0.5, 0.6) is 0 Å². The van der Waals surface area contributed by atoms with E-state index in [0.717, 1.165) is 12.0 Å². The summed E-state index contributed by atoms with van der Waals surface area (Å²) in [4.78, 5) is 34.8. The molecule has 0 radical (unpaired) electrons. The van der Waals surface area contributed by atoms with Crippen LogP contribution in [0, 0.1) is 0 Å². The first-order chi connectivity index (χ1) is 15.2. The first-order valence-electron chi connectivity index (χ1n) is 10.2. The van der Waals surface area contributed by atoms with Crippen molar-refractivity contribution >= 4 is 21.8 Å². The van der Waals surface area contributed by atoms with Gasteiger partial charge in [0, 0.05) is 31.3 Å². The normalized spacial score (nSPS) is 11.2. The smallest absolute Gasteiger partial charge is 0.260 e. The Hall–Kier alpha value is -4.06. The molecular formula is C25H20N4O2. The number of nitrogens with zero attached hydrogens (tertiary/aromatic N) is 4. The number of hydrogen-bond acceptors (Lipinski definition) is 4. The van der Waals surface area contributed by atoms with Gasteiger partial charge in [0.15, 0.2) is 0 Å². The van der Waals surface area contributed by atoms with E-state index in [1.807, 2.05) is 54.6 Å². The lowest BCUT2D eigenvalue weighted by Crippen LogP contribution is -2.23. The molecule has 4 aromatic heterocycles. The van der Waals surface area contributed by atoms with Crippen LogP contribution < -0.4 is 11.1 Å². The number of hydrogen-bond donors (Lipinski definition) is 0. The average molecular weight is 408 g/mol. The van der Waals surface area contributed by atoms with Crippen LogP contribution in [0.1, 0.15) is 11.1 Å². The number of aromatic nitrogens is 4. The number of aryl methyl sites for hydroxylation is 2. The fourth-order valence-electron chi connectivity index (χ4n) is 3.78. The van der Waals surface area contributed by atoms with Crippen molar-refractivity contribution in [3.05, 3.63) is 117 Å². The van der Waals surface area contributed by atoms with Crippen molar-refractivity contribution in [2.24, 2.45) is 0 Å². The molecule has 6 nitrogen and oxygen atoms in total. The highest BCUT2D eigenvalue weighted by Crippen LogP contribution is 2.15. The SMILES string of the molecule is O=c1c2cc3c(=O)n(Cc4ccncc4)ccc3nc2ccn1CCc1ccccc1. The Labute approximate surface area is 178 Å². The van der Waals surface area contributed by atoms with Gasteiger partial charge in [0.05, 0.1) is 28.4 Å². The van der Waals surface area contributed by atoms with Crippen molar-refractivity contribution in [3.63, 3.8) is 0 Å². The molecule has 0 aliphatic carbocycles. The number of pyridine rings is 4. The highest BCUT2D eigenvalue weighted by molar-refractivity contribution is 5.91. The zero-order valence-electron chi connectivity index (χ0n) is 16.8. The standard InChI is InChI=1S/C25H20N4O2/c30-24-20-16-21-23(10-15-29(25(21)31)17-19-6-11-26-12-7-19)27-22(20)9-14-28(24)13-8-18-4-2-1-3-5-18/h1-7,9-12,14-16H,8,13,17H2. The van der Waals surface area contributed by atoms with Gasteiger partial charge in [-0.1, -0.05) is 30.3 Å². The van der Waals surface area contributed by atoms with Gasteiger partial charge in [0.1, 0.15) is 0 Å². The largest absolute Gasteiger partial charge is 0.315 e. The molecular weight excluding hydrogens is 388 g/mol. The first kappa shape index (κ1) is 18.9. The number of rotatable bonds is 5.